The Morgan fingerprint density at radius 3 is 2.68 bits per heavy atom. The van der Waals surface area contributed by atoms with E-state index in [-0.39, 0.29) is 18.1 Å². The smallest absolute Gasteiger partial charge is 0.411 e. The lowest BCUT2D eigenvalue weighted by Gasteiger charge is -2.41. The average molecular weight is 433 g/mol. The fourth-order valence-corrected chi connectivity index (χ4v) is 5.37. The van der Waals surface area contributed by atoms with Crippen molar-refractivity contribution in [3.05, 3.63) is 12.3 Å². The van der Waals surface area contributed by atoms with Crippen LogP contribution in [-0.4, -0.2) is 78.0 Å². The molecule has 1 saturated carbocycles. The van der Waals surface area contributed by atoms with Crippen LogP contribution >= 0.6 is 0 Å². The molecule has 170 valence electrons. The third-order valence-electron chi connectivity index (χ3n) is 7.24. The Morgan fingerprint density at radius 2 is 2.00 bits per heavy atom. The van der Waals surface area contributed by atoms with Crippen LogP contribution in [-0.2, 0) is 4.79 Å². The lowest BCUT2D eigenvalue weighted by molar-refractivity contribution is -0.139. The first-order valence-electron chi connectivity index (χ1n) is 11.1. The molecule has 9 nitrogen and oxygen atoms in total. The largest absolute Gasteiger partial charge is 0.493 e. The highest BCUT2D eigenvalue weighted by atomic mass is 16.5. The van der Waals surface area contributed by atoms with Crippen molar-refractivity contribution >= 4 is 23.5 Å². The number of amides is 2. The number of hydrogen-bond donors (Lipinski definition) is 2. The van der Waals surface area contributed by atoms with Crippen LogP contribution in [0, 0.1) is 5.41 Å². The van der Waals surface area contributed by atoms with Gasteiger partial charge in [0.15, 0.2) is 11.6 Å². The lowest BCUT2D eigenvalue weighted by atomic mass is 9.78. The van der Waals surface area contributed by atoms with Gasteiger partial charge in [0.2, 0.25) is 5.91 Å². The number of anilines is 2. The van der Waals surface area contributed by atoms with E-state index in [0.29, 0.717) is 23.8 Å². The number of hydrogen-bond acceptors (Lipinski definition) is 6. The minimum absolute atomic E-state index is 0.227. The molecule has 3 aliphatic rings. The van der Waals surface area contributed by atoms with Crippen LogP contribution in [0.5, 0.6) is 5.75 Å². The van der Waals surface area contributed by atoms with Gasteiger partial charge in [-0.05, 0) is 44.9 Å². The number of aliphatic hydroxyl groups excluding tert-OH is 1. The predicted molar refractivity (Wildman–Crippen MR) is 116 cm³/mol. The molecule has 31 heavy (non-hydrogen) atoms. The van der Waals surface area contributed by atoms with Gasteiger partial charge in [-0.25, -0.2) is 9.78 Å². The molecule has 0 radical (unpaired) electrons. The van der Waals surface area contributed by atoms with Crippen LogP contribution < -0.4 is 14.5 Å². The van der Waals surface area contributed by atoms with Crippen molar-refractivity contribution in [2.45, 2.75) is 57.1 Å². The number of nitrogens with zero attached hydrogens (tertiary/aromatic N) is 4. The summed E-state index contributed by atoms with van der Waals surface area (Å²) < 4.78 is 5.53. The summed E-state index contributed by atoms with van der Waals surface area (Å²) in [6.07, 6.45) is 6.13. The van der Waals surface area contributed by atoms with Gasteiger partial charge in [0.05, 0.1) is 30.5 Å². The Balaban J connectivity index is 1.52. The first-order valence-corrected chi connectivity index (χ1v) is 11.1. The minimum atomic E-state index is -1.07. The van der Waals surface area contributed by atoms with Crippen LogP contribution in [0.2, 0.25) is 0 Å². The number of carbonyl (C=O) groups is 2. The van der Waals surface area contributed by atoms with Crippen LogP contribution in [0.3, 0.4) is 0 Å². The number of methoxy groups -OCH3 is 1. The molecule has 1 aromatic rings. The summed E-state index contributed by atoms with van der Waals surface area (Å²) in [5.74, 6) is 1.39. The van der Waals surface area contributed by atoms with Gasteiger partial charge in [-0.2, -0.15) is 0 Å². The highest BCUT2D eigenvalue weighted by Crippen LogP contribution is 2.44. The highest BCUT2D eigenvalue weighted by Gasteiger charge is 2.51. The van der Waals surface area contributed by atoms with Gasteiger partial charge in [-0.1, -0.05) is 0 Å². The molecule has 1 spiro atoms. The van der Waals surface area contributed by atoms with Crippen molar-refractivity contribution in [1.82, 2.24) is 9.88 Å². The molecule has 3 fully saturated rings. The summed E-state index contributed by atoms with van der Waals surface area (Å²) in [6, 6.07) is 1.91. The molecule has 0 bridgehead atoms. The zero-order valence-corrected chi connectivity index (χ0v) is 18.3. The molecular weight excluding hydrogens is 400 g/mol. The summed E-state index contributed by atoms with van der Waals surface area (Å²) in [5.41, 5.74) is 0.0276. The van der Waals surface area contributed by atoms with E-state index in [1.54, 1.807) is 13.2 Å². The fourth-order valence-electron chi connectivity index (χ4n) is 5.37. The number of aliphatic hydroxyl groups is 1. The van der Waals surface area contributed by atoms with E-state index in [1.165, 1.54) is 13.2 Å². The molecule has 4 rings (SSSR count). The Kier molecular flexibility index (Phi) is 5.96. The predicted octanol–water partition coefficient (Wildman–Crippen LogP) is 2.33. The van der Waals surface area contributed by atoms with E-state index >= 15 is 0 Å². The maximum Gasteiger partial charge on any atom is 0.411 e. The fraction of sp³-hybridized carbons (Fsp3) is 0.682. The van der Waals surface area contributed by atoms with Gasteiger partial charge < -0.3 is 24.7 Å². The summed E-state index contributed by atoms with van der Waals surface area (Å²) in [7, 11) is 3.01. The maximum atomic E-state index is 13.5. The highest BCUT2D eigenvalue weighted by molar-refractivity contribution is 5.87. The molecule has 1 aromatic heterocycles. The number of piperidine rings is 1. The molecule has 1 atom stereocenters. The van der Waals surface area contributed by atoms with E-state index in [1.807, 2.05) is 0 Å². The summed E-state index contributed by atoms with van der Waals surface area (Å²) >= 11 is 0. The second-order valence-electron chi connectivity index (χ2n) is 9.08. The first-order chi connectivity index (χ1) is 14.8. The van der Waals surface area contributed by atoms with E-state index in [2.05, 4.69) is 14.8 Å². The number of rotatable bonds is 4. The van der Waals surface area contributed by atoms with Gasteiger partial charge in [-0.15, -0.1) is 0 Å². The second-order valence-corrected chi connectivity index (χ2v) is 9.08. The Morgan fingerprint density at radius 1 is 1.26 bits per heavy atom. The number of aromatic nitrogens is 1. The molecule has 0 unspecified atom stereocenters. The summed E-state index contributed by atoms with van der Waals surface area (Å²) in [6.45, 7) is 2.15. The van der Waals surface area contributed by atoms with Crippen molar-refractivity contribution < 1.29 is 24.5 Å². The molecule has 2 saturated heterocycles. The lowest BCUT2D eigenvalue weighted by Crippen LogP contribution is -2.50. The van der Waals surface area contributed by atoms with Gasteiger partial charge in [0, 0.05) is 38.8 Å². The van der Waals surface area contributed by atoms with Crippen LogP contribution in [0.4, 0.5) is 16.3 Å². The molecule has 9 heteroatoms. The monoisotopic (exact) mass is 432 g/mol. The SMILES string of the molecule is COc1cc(N(C)C(=O)O)cnc1N1CCC[C@]2(CCN([C@H]3CC[C@@H](O)CC3)C2=O)C1. The van der Waals surface area contributed by atoms with E-state index < -0.39 is 11.5 Å². The molecule has 1 aliphatic carbocycles. The first kappa shape index (κ1) is 21.7. The molecular formula is C22H32N4O5. The number of carbonyl (C=O) groups excluding carboxylic acids is 1. The summed E-state index contributed by atoms with van der Waals surface area (Å²) in [4.78, 5) is 34.6. The van der Waals surface area contributed by atoms with Crippen LogP contribution in [0.15, 0.2) is 12.3 Å². The third kappa shape index (κ3) is 4.03. The van der Waals surface area contributed by atoms with E-state index in [4.69, 9.17) is 4.74 Å². The molecule has 2 aliphatic heterocycles. The molecule has 2 N–H and O–H groups in total. The van der Waals surface area contributed by atoms with Crippen molar-refractivity contribution in [2.24, 2.45) is 5.41 Å². The average Bonchev–Trinajstić information content (AvgIpc) is 3.08. The second kappa shape index (κ2) is 8.53. The van der Waals surface area contributed by atoms with E-state index in [9.17, 15) is 19.8 Å². The minimum Gasteiger partial charge on any atom is -0.493 e. The zero-order valence-electron chi connectivity index (χ0n) is 18.3. The standard InChI is InChI=1S/C22H32N4O5/c1-24(21(29)30)16-12-18(31-2)19(23-13-16)25-10-3-8-22(14-25)9-11-26(20(22)28)15-4-6-17(27)7-5-15/h12-13,15,17,27H,3-11,14H2,1-2H3,(H,29,30)/t15-,17+,22-/m0/s1. The zero-order chi connectivity index (χ0) is 22.2. The van der Waals surface area contributed by atoms with Crippen molar-refractivity contribution in [2.75, 3.05) is 43.6 Å². The Labute approximate surface area is 182 Å². The van der Waals surface area contributed by atoms with Gasteiger partial charge in [-0.3, -0.25) is 9.69 Å². The number of pyridine rings is 1. The number of likely N-dealkylation sites (tertiary alicyclic amines) is 1. The van der Waals surface area contributed by atoms with Crippen LogP contribution in [0.1, 0.15) is 44.9 Å². The maximum absolute atomic E-state index is 13.5. The topological polar surface area (TPSA) is 106 Å². The normalized spacial score (nSPS) is 28.8. The molecule has 3 heterocycles. The Hall–Kier alpha value is -2.55. The quantitative estimate of drug-likeness (QED) is 0.752. The van der Waals surface area contributed by atoms with Crippen molar-refractivity contribution in [3.63, 3.8) is 0 Å². The van der Waals surface area contributed by atoms with Crippen molar-refractivity contribution in [1.29, 1.82) is 0 Å². The van der Waals surface area contributed by atoms with Crippen molar-refractivity contribution in [3.8, 4) is 5.75 Å². The van der Waals surface area contributed by atoms with Gasteiger partial charge >= 0.3 is 6.09 Å². The summed E-state index contributed by atoms with van der Waals surface area (Å²) in [5, 5.41) is 19.0. The number of carboxylic acid groups (broad SMARTS) is 1. The molecule has 2 amide bonds. The van der Waals surface area contributed by atoms with Gasteiger partial charge in [0.25, 0.3) is 0 Å². The number of ether oxygens (including phenoxy) is 1. The van der Waals surface area contributed by atoms with E-state index in [0.717, 1.165) is 62.9 Å². The Bertz CT molecular complexity index is 841. The van der Waals surface area contributed by atoms with Gasteiger partial charge in [0.1, 0.15) is 0 Å². The third-order valence-corrected chi connectivity index (χ3v) is 7.24. The van der Waals surface area contributed by atoms with Crippen LogP contribution in [0.25, 0.3) is 0 Å². The molecule has 0 aromatic carbocycles.